The lowest BCUT2D eigenvalue weighted by atomic mass is 10.1. The fourth-order valence-corrected chi connectivity index (χ4v) is 2.19. The van der Waals surface area contributed by atoms with E-state index in [1.165, 1.54) is 13.2 Å². The highest BCUT2D eigenvalue weighted by Gasteiger charge is 2.07. The van der Waals surface area contributed by atoms with Crippen molar-refractivity contribution >= 4 is 15.9 Å². The highest BCUT2D eigenvalue weighted by molar-refractivity contribution is 9.08. The number of hydrogen-bond donors (Lipinski definition) is 0. The van der Waals surface area contributed by atoms with Crippen molar-refractivity contribution in [2.45, 2.75) is 11.9 Å². The molecular weight excluding hydrogens is 337 g/mol. The third kappa shape index (κ3) is 3.73. The first-order valence-electron chi connectivity index (χ1n) is 6.22. The molecule has 0 aromatic heterocycles. The number of nitrogens with zero attached hydrogens (tertiary/aromatic N) is 1. The zero-order valence-electron chi connectivity index (χ0n) is 11.4. The number of halogens is 2. The zero-order valence-corrected chi connectivity index (χ0v) is 13.0. The van der Waals surface area contributed by atoms with Gasteiger partial charge in [0.15, 0.2) is 11.6 Å². The molecule has 0 fully saturated rings. The van der Waals surface area contributed by atoms with Crippen LogP contribution in [0.1, 0.15) is 16.7 Å². The Morgan fingerprint density at radius 1 is 1.14 bits per heavy atom. The Morgan fingerprint density at radius 3 is 2.48 bits per heavy atom. The Kier molecular flexibility index (Phi) is 5.18. The summed E-state index contributed by atoms with van der Waals surface area (Å²) in [6.07, 6.45) is 0. The molecule has 21 heavy (non-hydrogen) atoms. The van der Waals surface area contributed by atoms with Gasteiger partial charge in [0, 0.05) is 5.33 Å². The van der Waals surface area contributed by atoms with Crippen molar-refractivity contribution in [1.82, 2.24) is 0 Å². The number of methoxy groups -OCH3 is 1. The first-order chi connectivity index (χ1) is 10.2. The molecule has 0 radical (unpaired) electrons. The summed E-state index contributed by atoms with van der Waals surface area (Å²) in [5.74, 6) is 0.295. The molecule has 0 aliphatic carbocycles. The van der Waals surface area contributed by atoms with Crippen molar-refractivity contribution in [2.24, 2.45) is 0 Å². The van der Waals surface area contributed by atoms with E-state index < -0.39 is 5.82 Å². The number of ether oxygens (including phenoxy) is 2. The smallest absolute Gasteiger partial charge is 0.165 e. The average molecular weight is 350 g/mol. The van der Waals surface area contributed by atoms with E-state index >= 15 is 0 Å². The molecule has 0 bridgehead atoms. The fourth-order valence-electron chi connectivity index (χ4n) is 1.84. The Labute approximate surface area is 131 Å². The van der Waals surface area contributed by atoms with E-state index in [1.54, 1.807) is 30.3 Å². The molecule has 0 heterocycles. The second kappa shape index (κ2) is 7.09. The standard InChI is InChI=1S/C16H13BrFNO2/c1-20-15-4-3-12(6-13(15)9-19)10-21-16-5-2-11(8-17)7-14(16)18/h2-7H,8,10H2,1H3. The van der Waals surface area contributed by atoms with Crippen molar-refractivity contribution in [3.05, 3.63) is 58.9 Å². The molecule has 0 spiro atoms. The van der Waals surface area contributed by atoms with Gasteiger partial charge in [0.2, 0.25) is 0 Å². The second-order valence-corrected chi connectivity index (χ2v) is 4.89. The molecule has 0 saturated heterocycles. The van der Waals surface area contributed by atoms with Crippen LogP contribution in [0.5, 0.6) is 11.5 Å². The maximum atomic E-state index is 13.8. The Hall–Kier alpha value is -2.06. The number of alkyl halides is 1. The van der Waals surface area contributed by atoms with Gasteiger partial charge in [-0.25, -0.2) is 4.39 Å². The lowest BCUT2D eigenvalue weighted by molar-refractivity contribution is 0.290. The van der Waals surface area contributed by atoms with Gasteiger partial charge in [-0.05, 0) is 35.4 Å². The van der Waals surface area contributed by atoms with Crippen LogP contribution in [-0.2, 0) is 11.9 Å². The van der Waals surface area contributed by atoms with Crippen LogP contribution < -0.4 is 9.47 Å². The molecule has 0 aliphatic rings. The topological polar surface area (TPSA) is 42.2 Å². The third-order valence-corrected chi connectivity index (χ3v) is 3.58. The number of benzene rings is 2. The molecular formula is C16H13BrFNO2. The van der Waals surface area contributed by atoms with Gasteiger partial charge in [-0.1, -0.05) is 28.1 Å². The molecule has 2 aromatic rings. The molecule has 2 aromatic carbocycles. The Morgan fingerprint density at radius 2 is 1.86 bits per heavy atom. The molecule has 0 atom stereocenters. The first-order valence-corrected chi connectivity index (χ1v) is 7.34. The highest BCUT2D eigenvalue weighted by Crippen LogP contribution is 2.23. The molecule has 5 heteroatoms. The summed E-state index contributed by atoms with van der Waals surface area (Å²) in [6, 6.07) is 12.0. The summed E-state index contributed by atoms with van der Waals surface area (Å²) in [5, 5.41) is 9.62. The van der Waals surface area contributed by atoms with Crippen LogP contribution in [0.2, 0.25) is 0 Å². The van der Waals surface area contributed by atoms with E-state index in [2.05, 4.69) is 22.0 Å². The van der Waals surface area contributed by atoms with Crippen molar-refractivity contribution in [2.75, 3.05) is 7.11 Å². The van der Waals surface area contributed by atoms with Crippen LogP contribution in [0.3, 0.4) is 0 Å². The van der Waals surface area contributed by atoms with Gasteiger partial charge >= 0.3 is 0 Å². The maximum absolute atomic E-state index is 13.8. The van der Waals surface area contributed by atoms with E-state index in [9.17, 15) is 4.39 Å². The van der Waals surface area contributed by atoms with Gasteiger partial charge < -0.3 is 9.47 Å². The maximum Gasteiger partial charge on any atom is 0.165 e. The summed E-state index contributed by atoms with van der Waals surface area (Å²) in [4.78, 5) is 0. The van der Waals surface area contributed by atoms with Crippen molar-refractivity contribution in [1.29, 1.82) is 5.26 Å². The third-order valence-electron chi connectivity index (χ3n) is 2.93. The largest absolute Gasteiger partial charge is 0.495 e. The summed E-state index contributed by atoms with van der Waals surface area (Å²) in [7, 11) is 1.51. The molecule has 0 unspecified atom stereocenters. The molecule has 0 aliphatic heterocycles. The SMILES string of the molecule is COc1ccc(COc2ccc(CBr)cc2F)cc1C#N. The summed E-state index contributed by atoms with van der Waals surface area (Å²) >= 11 is 3.27. The van der Waals surface area contributed by atoms with Crippen LogP contribution in [0, 0.1) is 17.1 Å². The number of nitriles is 1. The Balaban J connectivity index is 2.11. The number of hydrogen-bond acceptors (Lipinski definition) is 3. The van der Waals surface area contributed by atoms with E-state index in [4.69, 9.17) is 14.7 Å². The molecule has 108 valence electrons. The minimum Gasteiger partial charge on any atom is -0.495 e. The summed E-state index contributed by atoms with van der Waals surface area (Å²) < 4.78 is 24.3. The van der Waals surface area contributed by atoms with Gasteiger partial charge in [0.25, 0.3) is 0 Å². The van der Waals surface area contributed by atoms with E-state index in [1.807, 2.05) is 0 Å². The van der Waals surface area contributed by atoms with Crippen LogP contribution in [0.15, 0.2) is 36.4 Å². The summed E-state index contributed by atoms with van der Waals surface area (Å²) in [6.45, 7) is 0.184. The van der Waals surface area contributed by atoms with Crippen LogP contribution in [-0.4, -0.2) is 7.11 Å². The van der Waals surface area contributed by atoms with Gasteiger partial charge in [0.05, 0.1) is 12.7 Å². The molecule has 2 rings (SSSR count). The van der Waals surface area contributed by atoms with Crippen LogP contribution in [0.25, 0.3) is 0 Å². The zero-order chi connectivity index (χ0) is 15.2. The lowest BCUT2D eigenvalue weighted by Gasteiger charge is -2.09. The van der Waals surface area contributed by atoms with Gasteiger partial charge in [0.1, 0.15) is 18.4 Å². The van der Waals surface area contributed by atoms with Gasteiger partial charge in [-0.2, -0.15) is 5.26 Å². The van der Waals surface area contributed by atoms with Crippen molar-refractivity contribution < 1.29 is 13.9 Å². The molecule has 0 amide bonds. The number of rotatable bonds is 5. The highest BCUT2D eigenvalue weighted by atomic mass is 79.9. The fraction of sp³-hybridized carbons (Fsp3) is 0.188. The minimum absolute atomic E-state index is 0.184. The van der Waals surface area contributed by atoms with Gasteiger partial charge in [-0.3, -0.25) is 0 Å². The van der Waals surface area contributed by atoms with Gasteiger partial charge in [-0.15, -0.1) is 0 Å². The second-order valence-electron chi connectivity index (χ2n) is 4.33. The minimum atomic E-state index is -0.402. The van der Waals surface area contributed by atoms with Crippen molar-refractivity contribution in [3.63, 3.8) is 0 Å². The quantitative estimate of drug-likeness (QED) is 0.760. The molecule has 0 saturated carbocycles. The Bertz CT molecular complexity index is 682. The van der Waals surface area contributed by atoms with Crippen LogP contribution >= 0.6 is 15.9 Å². The van der Waals surface area contributed by atoms with Crippen molar-refractivity contribution in [3.8, 4) is 17.6 Å². The predicted octanol–water partition coefficient (Wildman–Crippen LogP) is 4.18. The normalized spacial score (nSPS) is 10.0. The predicted molar refractivity (Wildman–Crippen MR) is 81.1 cm³/mol. The van der Waals surface area contributed by atoms with Crippen LogP contribution in [0.4, 0.5) is 4.39 Å². The van der Waals surface area contributed by atoms with E-state index in [-0.39, 0.29) is 12.4 Å². The summed E-state index contributed by atoms with van der Waals surface area (Å²) in [5.41, 5.74) is 2.04. The first kappa shape index (κ1) is 15.3. The van der Waals surface area contributed by atoms with E-state index in [0.717, 1.165) is 11.1 Å². The lowest BCUT2D eigenvalue weighted by Crippen LogP contribution is -1.99. The average Bonchev–Trinajstić information content (AvgIpc) is 2.53. The monoisotopic (exact) mass is 349 g/mol. The molecule has 3 nitrogen and oxygen atoms in total. The molecule has 0 N–H and O–H groups in total. The van der Waals surface area contributed by atoms with E-state index in [0.29, 0.717) is 16.6 Å².